The minimum Gasteiger partial charge on any atom is -0.342 e. The molecular weight excluding hydrogens is 188 g/mol. The lowest BCUT2D eigenvalue weighted by Crippen LogP contribution is -2.30. The van der Waals surface area contributed by atoms with Gasteiger partial charge < -0.3 is 10.6 Å². The third-order valence-electron chi connectivity index (χ3n) is 3.89. The summed E-state index contributed by atoms with van der Waals surface area (Å²) in [5, 5.41) is 0. The predicted molar refractivity (Wildman–Crippen MR) is 60.3 cm³/mol. The normalized spacial score (nSPS) is 31.7. The minimum absolute atomic E-state index is 0.149. The quantitative estimate of drug-likeness (QED) is 0.764. The number of nitrogens with two attached hydrogens (primary N) is 1. The second-order valence-corrected chi connectivity index (χ2v) is 5.27. The summed E-state index contributed by atoms with van der Waals surface area (Å²) in [6.45, 7) is 4.00. The van der Waals surface area contributed by atoms with Gasteiger partial charge in [-0.1, -0.05) is 6.42 Å². The van der Waals surface area contributed by atoms with Crippen LogP contribution in [0.4, 0.5) is 0 Å². The van der Waals surface area contributed by atoms with Gasteiger partial charge in [-0.15, -0.1) is 0 Å². The number of fused-ring (bicyclic) bond motifs is 1. The Bertz CT molecular complexity index is 228. The van der Waals surface area contributed by atoms with E-state index in [9.17, 15) is 4.79 Å². The van der Waals surface area contributed by atoms with Crippen LogP contribution in [0.15, 0.2) is 0 Å². The van der Waals surface area contributed by atoms with Crippen LogP contribution in [0.25, 0.3) is 0 Å². The van der Waals surface area contributed by atoms with E-state index in [1.165, 1.54) is 19.3 Å². The van der Waals surface area contributed by atoms with Crippen LogP contribution in [0, 0.1) is 11.8 Å². The van der Waals surface area contributed by atoms with Crippen molar-refractivity contribution < 1.29 is 4.79 Å². The average Bonchev–Trinajstić information content (AvgIpc) is 2.72. The van der Waals surface area contributed by atoms with Crippen molar-refractivity contribution in [1.82, 2.24) is 4.90 Å². The van der Waals surface area contributed by atoms with Gasteiger partial charge in [0.25, 0.3) is 0 Å². The summed E-state index contributed by atoms with van der Waals surface area (Å²) < 4.78 is 0. The van der Waals surface area contributed by atoms with Crippen LogP contribution in [0.3, 0.4) is 0 Å². The van der Waals surface area contributed by atoms with E-state index in [0.717, 1.165) is 31.3 Å². The molecule has 0 bridgehead atoms. The molecule has 2 N–H and O–H groups in total. The van der Waals surface area contributed by atoms with Gasteiger partial charge in [-0.3, -0.25) is 4.79 Å². The predicted octanol–water partition coefficient (Wildman–Crippen LogP) is 1.37. The monoisotopic (exact) mass is 210 g/mol. The molecule has 1 aliphatic heterocycles. The molecule has 0 spiro atoms. The molecule has 1 saturated heterocycles. The summed E-state index contributed by atoms with van der Waals surface area (Å²) in [7, 11) is 0. The van der Waals surface area contributed by atoms with Crippen LogP contribution < -0.4 is 5.73 Å². The lowest BCUT2D eigenvalue weighted by atomic mass is 10.0. The number of nitrogens with zero attached hydrogens (tertiary/aromatic N) is 1. The third-order valence-corrected chi connectivity index (χ3v) is 3.89. The van der Waals surface area contributed by atoms with Crippen molar-refractivity contribution in [1.29, 1.82) is 0 Å². The maximum absolute atomic E-state index is 11.9. The van der Waals surface area contributed by atoms with Crippen LogP contribution in [0.1, 0.15) is 39.0 Å². The zero-order valence-electron chi connectivity index (χ0n) is 9.61. The molecule has 0 aromatic rings. The molecular formula is C12H22N2O. The molecule has 3 heteroatoms. The van der Waals surface area contributed by atoms with Crippen molar-refractivity contribution in [2.75, 3.05) is 13.1 Å². The van der Waals surface area contributed by atoms with Crippen molar-refractivity contribution in [2.45, 2.75) is 45.1 Å². The molecule has 86 valence electrons. The van der Waals surface area contributed by atoms with Crippen molar-refractivity contribution in [3.05, 3.63) is 0 Å². The van der Waals surface area contributed by atoms with Crippen molar-refractivity contribution >= 4 is 5.91 Å². The molecule has 1 aliphatic carbocycles. The van der Waals surface area contributed by atoms with Gasteiger partial charge in [-0.25, -0.2) is 0 Å². The van der Waals surface area contributed by atoms with Gasteiger partial charge in [0.15, 0.2) is 0 Å². The first-order valence-electron chi connectivity index (χ1n) is 6.20. The maximum atomic E-state index is 11.9. The van der Waals surface area contributed by atoms with Crippen molar-refractivity contribution in [3.8, 4) is 0 Å². The van der Waals surface area contributed by atoms with E-state index in [1.54, 1.807) is 0 Å². The molecule has 15 heavy (non-hydrogen) atoms. The Morgan fingerprint density at radius 2 is 2.00 bits per heavy atom. The Hall–Kier alpha value is -0.570. The van der Waals surface area contributed by atoms with Crippen molar-refractivity contribution in [3.63, 3.8) is 0 Å². The lowest BCUT2D eigenvalue weighted by molar-refractivity contribution is -0.130. The SMILES string of the molecule is CC(N)CCC(=O)N1CC2CCCC2C1. The fraction of sp³-hybridized carbons (Fsp3) is 0.917. The van der Waals surface area contributed by atoms with Gasteiger partial charge in [0.2, 0.25) is 5.91 Å². The zero-order valence-corrected chi connectivity index (χ0v) is 9.61. The summed E-state index contributed by atoms with van der Waals surface area (Å²) in [6.07, 6.45) is 5.50. The first kappa shape index (κ1) is 10.9. The van der Waals surface area contributed by atoms with Crippen LogP contribution in [-0.4, -0.2) is 29.9 Å². The third kappa shape index (κ3) is 2.51. The van der Waals surface area contributed by atoms with Crippen LogP contribution in [0.5, 0.6) is 0 Å². The van der Waals surface area contributed by atoms with Gasteiger partial charge in [-0.2, -0.15) is 0 Å². The summed E-state index contributed by atoms with van der Waals surface area (Å²) in [4.78, 5) is 13.9. The summed E-state index contributed by atoms with van der Waals surface area (Å²) in [5.74, 6) is 1.94. The van der Waals surface area contributed by atoms with Gasteiger partial charge in [-0.05, 0) is 38.0 Å². The second-order valence-electron chi connectivity index (χ2n) is 5.27. The van der Waals surface area contributed by atoms with E-state index >= 15 is 0 Å². The second kappa shape index (κ2) is 4.52. The highest BCUT2D eigenvalue weighted by atomic mass is 16.2. The molecule has 1 saturated carbocycles. The van der Waals surface area contributed by atoms with E-state index in [-0.39, 0.29) is 6.04 Å². The summed E-state index contributed by atoms with van der Waals surface area (Å²) in [5.41, 5.74) is 5.66. The number of hydrogen-bond donors (Lipinski definition) is 1. The molecule has 1 heterocycles. The molecule has 3 atom stereocenters. The first-order valence-corrected chi connectivity index (χ1v) is 6.20. The highest BCUT2D eigenvalue weighted by Crippen LogP contribution is 2.37. The molecule has 2 rings (SSSR count). The molecule has 3 nitrogen and oxygen atoms in total. The van der Waals surface area contributed by atoms with Crippen LogP contribution in [0.2, 0.25) is 0 Å². The highest BCUT2D eigenvalue weighted by molar-refractivity contribution is 5.76. The van der Waals surface area contributed by atoms with E-state index in [0.29, 0.717) is 12.3 Å². The Morgan fingerprint density at radius 3 is 2.53 bits per heavy atom. The summed E-state index contributed by atoms with van der Waals surface area (Å²) >= 11 is 0. The molecule has 0 aromatic carbocycles. The summed E-state index contributed by atoms with van der Waals surface area (Å²) in [6, 6.07) is 0.149. The minimum atomic E-state index is 0.149. The van der Waals surface area contributed by atoms with Crippen molar-refractivity contribution in [2.24, 2.45) is 17.6 Å². The lowest BCUT2D eigenvalue weighted by Gasteiger charge is -2.17. The van der Waals surface area contributed by atoms with Crippen LogP contribution >= 0.6 is 0 Å². The van der Waals surface area contributed by atoms with Gasteiger partial charge >= 0.3 is 0 Å². The Labute approximate surface area is 92.0 Å². The number of carbonyl (C=O) groups is 1. The zero-order chi connectivity index (χ0) is 10.8. The number of likely N-dealkylation sites (tertiary alicyclic amines) is 1. The smallest absolute Gasteiger partial charge is 0.222 e. The number of carbonyl (C=O) groups excluding carboxylic acids is 1. The fourth-order valence-corrected chi connectivity index (χ4v) is 2.95. The number of hydrogen-bond acceptors (Lipinski definition) is 2. The van der Waals surface area contributed by atoms with E-state index in [2.05, 4.69) is 4.90 Å². The maximum Gasteiger partial charge on any atom is 0.222 e. The Balaban J connectivity index is 1.78. The van der Waals surface area contributed by atoms with E-state index in [4.69, 9.17) is 5.73 Å². The molecule has 0 aromatic heterocycles. The van der Waals surface area contributed by atoms with Gasteiger partial charge in [0, 0.05) is 25.6 Å². The number of rotatable bonds is 3. The molecule has 3 unspecified atom stereocenters. The highest BCUT2D eigenvalue weighted by Gasteiger charge is 2.37. The van der Waals surface area contributed by atoms with Gasteiger partial charge in [0.05, 0.1) is 0 Å². The standard InChI is InChI=1S/C12H22N2O/c1-9(13)5-6-12(15)14-7-10-3-2-4-11(10)8-14/h9-11H,2-8,13H2,1H3. The molecule has 1 amide bonds. The Morgan fingerprint density at radius 1 is 1.40 bits per heavy atom. The Kier molecular flexibility index (Phi) is 3.29. The fourth-order valence-electron chi connectivity index (χ4n) is 2.95. The van der Waals surface area contributed by atoms with E-state index in [1.807, 2.05) is 6.92 Å². The largest absolute Gasteiger partial charge is 0.342 e. The molecule has 2 fully saturated rings. The molecule has 0 radical (unpaired) electrons. The van der Waals surface area contributed by atoms with Crippen LogP contribution in [-0.2, 0) is 4.79 Å². The first-order chi connectivity index (χ1) is 7.16. The number of amides is 1. The average molecular weight is 210 g/mol. The van der Waals surface area contributed by atoms with E-state index < -0.39 is 0 Å². The molecule has 2 aliphatic rings. The van der Waals surface area contributed by atoms with Gasteiger partial charge in [0.1, 0.15) is 0 Å². The topological polar surface area (TPSA) is 46.3 Å².